The molecule has 0 aliphatic rings. The Hall–Kier alpha value is -0.730. The zero-order valence-corrected chi connectivity index (χ0v) is 31.8. The van der Waals surface area contributed by atoms with Crippen LogP contribution >= 0.6 is 24.4 Å². The van der Waals surface area contributed by atoms with Crippen LogP contribution in [0.3, 0.4) is 0 Å². The topological polar surface area (TPSA) is 95.7 Å². The molecular weight excluding hydrogens is 615 g/mol. The molecule has 272 valence electrons. The Morgan fingerprint density at radius 2 is 0.891 bits per heavy atom. The van der Waals surface area contributed by atoms with E-state index in [0.717, 1.165) is 38.5 Å². The van der Waals surface area contributed by atoms with Crippen LogP contribution in [0.25, 0.3) is 0 Å². The quantitative estimate of drug-likeness (QED) is 0.0384. The Bertz CT molecular complexity index is 709. The van der Waals surface area contributed by atoms with Gasteiger partial charge in [-0.1, -0.05) is 168 Å². The number of thiol groups is 1. The van der Waals surface area contributed by atoms with Gasteiger partial charge >= 0.3 is 11.9 Å². The molecule has 0 bridgehead atoms. The molecule has 0 aliphatic carbocycles. The van der Waals surface area contributed by atoms with Crippen molar-refractivity contribution in [3.05, 3.63) is 0 Å². The largest absolute Gasteiger partial charge is 0.462 e. The number of carbonyl (C=O) groups excluding carboxylic acids is 3. The molecular formula is C38H73NO5S2. The Morgan fingerprint density at radius 3 is 1.26 bits per heavy atom. The molecule has 0 rings (SSSR count). The van der Waals surface area contributed by atoms with E-state index in [1.165, 1.54) is 140 Å². The molecule has 0 amide bonds. The summed E-state index contributed by atoms with van der Waals surface area (Å²) in [6.45, 7) is 4.56. The van der Waals surface area contributed by atoms with Crippen molar-refractivity contribution in [1.29, 1.82) is 0 Å². The average Bonchev–Trinajstić information content (AvgIpc) is 3.04. The minimum absolute atomic E-state index is 0.0404. The fourth-order valence-electron chi connectivity index (χ4n) is 5.59. The van der Waals surface area contributed by atoms with E-state index >= 15 is 0 Å². The second-order valence-electron chi connectivity index (χ2n) is 13.3. The van der Waals surface area contributed by atoms with Gasteiger partial charge in [0.15, 0.2) is 0 Å². The molecule has 8 heteroatoms. The first-order valence-corrected chi connectivity index (χ1v) is 20.9. The smallest absolute Gasteiger partial charge is 0.306 e. The molecule has 0 spiro atoms. The van der Waals surface area contributed by atoms with Crippen LogP contribution in [0, 0.1) is 0 Å². The van der Waals surface area contributed by atoms with Crippen molar-refractivity contribution in [3.8, 4) is 0 Å². The van der Waals surface area contributed by atoms with Crippen LogP contribution < -0.4 is 5.73 Å². The minimum atomic E-state index is -0.673. The summed E-state index contributed by atoms with van der Waals surface area (Å²) in [6.07, 6.45) is 32.9. The molecule has 0 saturated heterocycles. The highest BCUT2D eigenvalue weighted by Gasteiger charge is 2.19. The van der Waals surface area contributed by atoms with Gasteiger partial charge in [0.25, 0.3) is 0 Å². The third-order valence-electron chi connectivity index (χ3n) is 8.62. The van der Waals surface area contributed by atoms with E-state index < -0.39 is 12.1 Å². The second-order valence-corrected chi connectivity index (χ2v) is 14.8. The van der Waals surface area contributed by atoms with E-state index in [2.05, 4.69) is 26.5 Å². The normalized spacial score (nSPS) is 12.6. The predicted octanol–water partition coefficient (Wildman–Crippen LogP) is 10.9. The first kappa shape index (κ1) is 45.3. The summed E-state index contributed by atoms with van der Waals surface area (Å²) in [5, 5.41) is -0.368. The van der Waals surface area contributed by atoms with Crippen LogP contribution in [0.2, 0.25) is 0 Å². The van der Waals surface area contributed by atoms with Gasteiger partial charge in [0.05, 0.1) is 6.04 Å². The third kappa shape index (κ3) is 33.2. The zero-order valence-electron chi connectivity index (χ0n) is 30.0. The van der Waals surface area contributed by atoms with E-state index in [9.17, 15) is 14.4 Å². The van der Waals surface area contributed by atoms with E-state index in [0.29, 0.717) is 24.3 Å². The zero-order chi connectivity index (χ0) is 33.9. The van der Waals surface area contributed by atoms with Crippen molar-refractivity contribution in [2.75, 3.05) is 18.1 Å². The van der Waals surface area contributed by atoms with Crippen LogP contribution in [0.4, 0.5) is 0 Å². The summed E-state index contributed by atoms with van der Waals surface area (Å²) in [7, 11) is 0. The molecule has 0 aromatic heterocycles. The molecule has 6 nitrogen and oxygen atoms in total. The van der Waals surface area contributed by atoms with Gasteiger partial charge in [-0.3, -0.25) is 14.4 Å². The fraction of sp³-hybridized carbons (Fsp3) is 0.921. The fourth-order valence-corrected chi connectivity index (χ4v) is 6.77. The molecule has 2 unspecified atom stereocenters. The van der Waals surface area contributed by atoms with Crippen molar-refractivity contribution in [1.82, 2.24) is 0 Å². The number of thioether (sulfide) groups is 1. The first-order valence-electron chi connectivity index (χ1n) is 19.3. The third-order valence-corrected chi connectivity index (χ3v) is 10.1. The maximum Gasteiger partial charge on any atom is 0.306 e. The summed E-state index contributed by atoms with van der Waals surface area (Å²) in [4.78, 5) is 36.3. The SMILES string of the molecule is CCCCCCCCCCCCCCCC(=O)OCC(CSCC(N)C(=O)S)OC(=O)CCCCCCCCCCCCCCC. The number of hydrogen-bond acceptors (Lipinski definition) is 7. The lowest BCUT2D eigenvalue weighted by Crippen LogP contribution is -2.32. The summed E-state index contributed by atoms with van der Waals surface area (Å²) in [6, 6.07) is -0.673. The average molecular weight is 688 g/mol. The van der Waals surface area contributed by atoms with Crippen molar-refractivity contribution in [2.45, 2.75) is 206 Å². The lowest BCUT2D eigenvalue weighted by molar-refractivity contribution is -0.157. The number of ether oxygens (including phenoxy) is 2. The maximum atomic E-state index is 12.6. The number of unbranched alkanes of at least 4 members (excludes halogenated alkanes) is 24. The number of carbonyl (C=O) groups is 3. The molecule has 0 radical (unpaired) electrons. The Kier molecular flexibility index (Phi) is 35.0. The van der Waals surface area contributed by atoms with Crippen molar-refractivity contribution >= 4 is 41.4 Å². The molecule has 0 saturated carbocycles. The van der Waals surface area contributed by atoms with Gasteiger partial charge in [-0.05, 0) is 12.8 Å². The molecule has 0 aromatic rings. The van der Waals surface area contributed by atoms with Gasteiger partial charge in [-0.25, -0.2) is 0 Å². The second kappa shape index (κ2) is 35.6. The number of esters is 2. The first-order chi connectivity index (χ1) is 22.4. The van der Waals surface area contributed by atoms with E-state index in [1.807, 2.05) is 0 Å². The van der Waals surface area contributed by atoms with Crippen LogP contribution in [0.15, 0.2) is 0 Å². The monoisotopic (exact) mass is 687 g/mol. The van der Waals surface area contributed by atoms with Crippen molar-refractivity contribution in [2.24, 2.45) is 5.73 Å². The highest BCUT2D eigenvalue weighted by atomic mass is 32.2. The lowest BCUT2D eigenvalue weighted by atomic mass is 10.0. The van der Waals surface area contributed by atoms with Gasteiger partial charge in [-0.2, -0.15) is 11.8 Å². The van der Waals surface area contributed by atoms with Crippen LogP contribution in [-0.4, -0.2) is 47.3 Å². The highest BCUT2D eigenvalue weighted by Crippen LogP contribution is 2.16. The Morgan fingerprint density at radius 1 is 0.543 bits per heavy atom. The Labute approximate surface area is 294 Å². The number of nitrogens with two attached hydrogens (primary N) is 1. The summed E-state index contributed by atoms with van der Waals surface area (Å²) in [5.41, 5.74) is 5.79. The van der Waals surface area contributed by atoms with Crippen LogP contribution in [0.1, 0.15) is 194 Å². The van der Waals surface area contributed by atoms with E-state index in [4.69, 9.17) is 15.2 Å². The summed E-state index contributed by atoms with van der Waals surface area (Å²) in [5.74, 6) is 0.302. The van der Waals surface area contributed by atoms with E-state index in [1.54, 1.807) is 0 Å². The maximum absolute atomic E-state index is 12.6. The van der Waals surface area contributed by atoms with Crippen LogP contribution in [-0.2, 0) is 23.9 Å². The molecule has 0 fully saturated rings. The van der Waals surface area contributed by atoms with E-state index in [-0.39, 0.29) is 23.7 Å². The lowest BCUT2D eigenvalue weighted by Gasteiger charge is -2.18. The molecule has 0 aliphatic heterocycles. The van der Waals surface area contributed by atoms with Gasteiger partial charge in [-0.15, -0.1) is 12.6 Å². The van der Waals surface area contributed by atoms with Gasteiger partial charge < -0.3 is 15.2 Å². The summed E-state index contributed by atoms with van der Waals surface area (Å²) < 4.78 is 11.2. The Balaban J connectivity index is 4.06. The van der Waals surface area contributed by atoms with Crippen molar-refractivity contribution < 1.29 is 23.9 Å². The molecule has 2 N–H and O–H groups in total. The highest BCUT2D eigenvalue weighted by molar-refractivity contribution is 8.00. The number of hydrogen-bond donors (Lipinski definition) is 2. The van der Waals surface area contributed by atoms with Crippen molar-refractivity contribution in [3.63, 3.8) is 0 Å². The number of rotatable bonds is 36. The minimum Gasteiger partial charge on any atom is -0.462 e. The molecule has 0 aromatic carbocycles. The van der Waals surface area contributed by atoms with Crippen LogP contribution in [0.5, 0.6) is 0 Å². The van der Waals surface area contributed by atoms with Gasteiger partial charge in [0, 0.05) is 24.3 Å². The van der Waals surface area contributed by atoms with Gasteiger partial charge in [0.2, 0.25) is 5.12 Å². The molecule has 46 heavy (non-hydrogen) atoms. The molecule has 2 atom stereocenters. The van der Waals surface area contributed by atoms with Gasteiger partial charge in [0.1, 0.15) is 12.7 Å². The summed E-state index contributed by atoms with van der Waals surface area (Å²) >= 11 is 5.21. The standard InChI is InChI=1S/C38H73NO5S2/c1-3-5-7-9-11-13-15-17-19-21-23-25-27-29-36(40)43-31-34(32-46-33-35(39)38(42)45)44-37(41)30-28-26-24-22-20-18-16-14-12-10-8-6-4-2/h34-35H,3-33,39H2,1-2H3,(H,42,45). The predicted molar refractivity (Wildman–Crippen MR) is 201 cm³/mol. The molecule has 0 heterocycles.